The second-order valence-corrected chi connectivity index (χ2v) is 6.70. The molecule has 0 N–H and O–H groups in total. The van der Waals surface area contributed by atoms with Crippen molar-refractivity contribution in [1.29, 1.82) is 5.26 Å². The molecule has 1 fully saturated rings. The lowest BCUT2D eigenvalue weighted by Gasteiger charge is -2.09. The average Bonchev–Trinajstić information content (AvgIpc) is 3.30. The number of rotatable bonds is 3. The van der Waals surface area contributed by atoms with Gasteiger partial charge in [-0.1, -0.05) is 17.7 Å². The number of hydrogen-bond acceptors (Lipinski definition) is 4. The first-order valence-electron chi connectivity index (χ1n) is 7.99. The molecule has 4 rings (SSSR count). The van der Waals surface area contributed by atoms with Gasteiger partial charge in [0, 0.05) is 23.7 Å². The van der Waals surface area contributed by atoms with Gasteiger partial charge in [0.15, 0.2) is 5.69 Å². The van der Waals surface area contributed by atoms with Crippen molar-refractivity contribution < 1.29 is 13.2 Å². The lowest BCUT2D eigenvalue weighted by molar-refractivity contribution is -0.141. The molecule has 0 amide bonds. The van der Waals surface area contributed by atoms with Crippen molar-refractivity contribution >= 4 is 17.2 Å². The maximum absolute atomic E-state index is 12.8. The second-order valence-electron chi connectivity index (χ2n) is 6.32. The van der Waals surface area contributed by atoms with Gasteiger partial charge in [0.2, 0.25) is 0 Å². The monoisotopic (exact) mass is 393 g/mol. The Bertz CT molecular complexity index is 1140. The summed E-state index contributed by atoms with van der Waals surface area (Å²) in [5, 5.41) is 12.3. The molecule has 0 radical (unpaired) electrons. The predicted molar refractivity (Wildman–Crippen MR) is 89.3 cm³/mol. The molecule has 0 aliphatic heterocycles. The zero-order chi connectivity index (χ0) is 19.3. The van der Waals surface area contributed by atoms with E-state index in [0.29, 0.717) is 17.8 Å². The minimum atomic E-state index is -4.61. The minimum absolute atomic E-state index is 0.0149. The highest BCUT2D eigenvalue weighted by Gasteiger charge is 2.40. The van der Waals surface area contributed by atoms with E-state index < -0.39 is 11.9 Å². The molecule has 6 nitrogen and oxygen atoms in total. The van der Waals surface area contributed by atoms with Gasteiger partial charge in [-0.2, -0.15) is 23.5 Å². The molecule has 138 valence electrons. The van der Waals surface area contributed by atoms with E-state index >= 15 is 0 Å². The molecule has 0 saturated heterocycles. The summed E-state index contributed by atoms with van der Waals surface area (Å²) >= 11 is 5.82. The quantitative estimate of drug-likeness (QED) is 0.684. The highest BCUT2D eigenvalue weighted by molar-refractivity contribution is 6.29. The predicted octanol–water partition coefficient (Wildman–Crippen LogP) is 3.24. The van der Waals surface area contributed by atoms with Crippen molar-refractivity contribution in [3.8, 4) is 6.07 Å². The van der Waals surface area contributed by atoms with Crippen molar-refractivity contribution in [2.24, 2.45) is 5.92 Å². The van der Waals surface area contributed by atoms with Gasteiger partial charge in [-0.15, -0.1) is 0 Å². The van der Waals surface area contributed by atoms with Crippen LogP contribution in [0.4, 0.5) is 13.2 Å². The number of halogens is 4. The van der Waals surface area contributed by atoms with Crippen LogP contribution < -0.4 is 5.56 Å². The Balaban J connectivity index is 1.72. The summed E-state index contributed by atoms with van der Waals surface area (Å²) in [6.07, 6.45) is -3.92. The van der Waals surface area contributed by atoms with Gasteiger partial charge in [-0.05, 0) is 18.6 Å². The summed E-state index contributed by atoms with van der Waals surface area (Å²) in [6.45, 7) is -0.171. The van der Waals surface area contributed by atoms with E-state index in [4.69, 9.17) is 16.9 Å². The van der Waals surface area contributed by atoms with Gasteiger partial charge in [0.25, 0.3) is 5.56 Å². The molecule has 0 aromatic carbocycles. The van der Waals surface area contributed by atoms with Crippen molar-refractivity contribution in [1.82, 2.24) is 19.2 Å². The van der Waals surface area contributed by atoms with E-state index in [0.717, 1.165) is 10.7 Å². The molecule has 3 heterocycles. The second kappa shape index (κ2) is 6.09. The summed E-state index contributed by atoms with van der Waals surface area (Å²) in [4.78, 5) is 16.9. The fraction of sp³-hybridized carbons (Fsp3) is 0.294. The summed E-state index contributed by atoms with van der Waals surface area (Å²) in [6, 6.07) is 9.29. The van der Waals surface area contributed by atoms with Crippen LogP contribution in [-0.2, 0) is 12.7 Å². The van der Waals surface area contributed by atoms with Crippen LogP contribution in [0, 0.1) is 17.2 Å². The van der Waals surface area contributed by atoms with Crippen LogP contribution in [0.1, 0.15) is 29.4 Å². The molecular formula is C17H11ClF3N5O. The Morgan fingerprint density at radius 2 is 2.11 bits per heavy atom. The standard InChI is InChI=1S/C17H11ClF3N5O/c18-14-6-13(17(19,20)21)24-25(14)8-10-5-16(27)26-12(11-4-9(11)7-22)2-1-3-15(26)23-10/h1-3,5-6,9,11H,4,8H2/t9?,11-/m0/s1. The van der Waals surface area contributed by atoms with Gasteiger partial charge in [0.1, 0.15) is 10.8 Å². The zero-order valence-corrected chi connectivity index (χ0v) is 14.4. The van der Waals surface area contributed by atoms with Crippen LogP contribution in [-0.4, -0.2) is 19.2 Å². The van der Waals surface area contributed by atoms with E-state index in [9.17, 15) is 18.0 Å². The Kier molecular flexibility index (Phi) is 3.96. The summed E-state index contributed by atoms with van der Waals surface area (Å²) in [5.41, 5.74) is -0.168. The number of nitrogens with zero attached hydrogens (tertiary/aromatic N) is 5. The number of aromatic nitrogens is 4. The molecule has 2 atom stereocenters. The van der Waals surface area contributed by atoms with Crippen molar-refractivity contribution in [2.45, 2.75) is 25.1 Å². The minimum Gasteiger partial charge on any atom is -0.269 e. The SMILES string of the molecule is N#CC1C[C@@H]1c1cccc2nc(Cn3nc(C(F)(F)F)cc3Cl)cc(=O)n12. The van der Waals surface area contributed by atoms with Crippen LogP contribution in [0.25, 0.3) is 5.65 Å². The topological polar surface area (TPSA) is 76.0 Å². The largest absolute Gasteiger partial charge is 0.435 e. The van der Waals surface area contributed by atoms with Gasteiger partial charge >= 0.3 is 6.18 Å². The summed E-state index contributed by atoms with van der Waals surface area (Å²) in [5.74, 6) is -0.134. The molecule has 10 heteroatoms. The first-order chi connectivity index (χ1) is 12.8. The Hall–Kier alpha value is -2.86. The summed E-state index contributed by atoms with van der Waals surface area (Å²) < 4.78 is 40.6. The van der Waals surface area contributed by atoms with Gasteiger partial charge in [0.05, 0.1) is 24.2 Å². The van der Waals surface area contributed by atoms with E-state index in [2.05, 4.69) is 16.2 Å². The lowest BCUT2D eigenvalue weighted by Crippen LogP contribution is -2.20. The molecule has 0 bridgehead atoms. The lowest BCUT2D eigenvalue weighted by atomic mass is 10.2. The number of alkyl halides is 3. The van der Waals surface area contributed by atoms with Crippen LogP contribution in [0.15, 0.2) is 35.1 Å². The molecule has 3 aromatic heterocycles. The average molecular weight is 394 g/mol. The van der Waals surface area contributed by atoms with Gasteiger partial charge < -0.3 is 0 Å². The third-order valence-electron chi connectivity index (χ3n) is 4.44. The third-order valence-corrected chi connectivity index (χ3v) is 4.74. The number of hydrogen-bond donors (Lipinski definition) is 0. The maximum atomic E-state index is 12.8. The summed E-state index contributed by atoms with van der Waals surface area (Å²) in [7, 11) is 0. The number of pyridine rings is 1. The number of nitriles is 1. The molecule has 0 spiro atoms. The normalized spacial score (nSPS) is 19.2. The third kappa shape index (κ3) is 3.17. The first-order valence-corrected chi connectivity index (χ1v) is 8.37. The van der Waals surface area contributed by atoms with Crippen LogP contribution >= 0.6 is 11.6 Å². The Morgan fingerprint density at radius 1 is 1.33 bits per heavy atom. The Labute approximate surface area is 155 Å². The first kappa shape index (κ1) is 17.5. The fourth-order valence-electron chi connectivity index (χ4n) is 3.06. The van der Waals surface area contributed by atoms with Gasteiger partial charge in [-0.3, -0.25) is 9.20 Å². The highest BCUT2D eigenvalue weighted by atomic mass is 35.5. The molecule has 27 heavy (non-hydrogen) atoms. The number of fused-ring (bicyclic) bond motifs is 1. The van der Waals surface area contributed by atoms with Gasteiger partial charge in [-0.25, -0.2) is 9.67 Å². The molecule has 1 saturated carbocycles. The molecule has 1 aliphatic carbocycles. The van der Waals surface area contributed by atoms with E-state index in [1.165, 1.54) is 10.5 Å². The highest BCUT2D eigenvalue weighted by Crippen LogP contribution is 2.46. The van der Waals surface area contributed by atoms with E-state index in [-0.39, 0.29) is 34.8 Å². The Morgan fingerprint density at radius 3 is 2.74 bits per heavy atom. The van der Waals surface area contributed by atoms with E-state index in [1.54, 1.807) is 18.2 Å². The maximum Gasteiger partial charge on any atom is 0.435 e. The van der Waals surface area contributed by atoms with Crippen LogP contribution in [0.5, 0.6) is 0 Å². The van der Waals surface area contributed by atoms with Crippen LogP contribution in [0.3, 0.4) is 0 Å². The molecular weight excluding hydrogens is 383 g/mol. The molecule has 3 aromatic rings. The molecule has 1 unspecified atom stereocenters. The van der Waals surface area contributed by atoms with E-state index in [1.807, 2.05) is 0 Å². The molecule has 1 aliphatic rings. The smallest absolute Gasteiger partial charge is 0.269 e. The zero-order valence-electron chi connectivity index (χ0n) is 13.6. The van der Waals surface area contributed by atoms with Crippen molar-refractivity contribution in [2.75, 3.05) is 0 Å². The van der Waals surface area contributed by atoms with Crippen molar-refractivity contribution in [3.05, 3.63) is 62.9 Å². The fourth-order valence-corrected chi connectivity index (χ4v) is 3.26. The van der Waals surface area contributed by atoms with Crippen LogP contribution in [0.2, 0.25) is 5.15 Å². The van der Waals surface area contributed by atoms with Crippen molar-refractivity contribution in [3.63, 3.8) is 0 Å².